The van der Waals surface area contributed by atoms with Gasteiger partial charge in [-0.3, -0.25) is 4.79 Å². The first-order valence-electron chi connectivity index (χ1n) is 11.9. The maximum atomic E-state index is 12.5. The average molecular weight is 460 g/mol. The lowest BCUT2D eigenvalue weighted by molar-refractivity contribution is -0.176. The van der Waals surface area contributed by atoms with E-state index in [0.717, 1.165) is 25.7 Å². The number of carbonyl (C=O) groups is 2. The molecule has 4 rings (SSSR count). The van der Waals surface area contributed by atoms with Gasteiger partial charge in [0, 0.05) is 23.6 Å². The second-order valence-corrected chi connectivity index (χ2v) is 11.4. The van der Waals surface area contributed by atoms with E-state index in [9.17, 15) is 19.8 Å². The van der Waals surface area contributed by atoms with Gasteiger partial charge in [-0.1, -0.05) is 27.2 Å². The van der Waals surface area contributed by atoms with Gasteiger partial charge < -0.3 is 25.0 Å². The van der Waals surface area contributed by atoms with E-state index in [0.29, 0.717) is 29.4 Å². The molecule has 1 aliphatic heterocycles. The van der Waals surface area contributed by atoms with Crippen LogP contribution in [0.15, 0.2) is 0 Å². The van der Waals surface area contributed by atoms with Crippen molar-refractivity contribution in [3.63, 3.8) is 0 Å². The standard InChI is InChI=1S/C26H37NO6/c1-14-20(15-12-27-22(28)18(15)19(23(29)30)21(14)32-6)33-13-17-25(4)10-7-9-24(2,3)16(25)8-11-26(17,5)31/h16-17,31H,7-13H2,1-6H3,(H,27,28)(H,29,30)/t16-,17+,25-,26+/m0/s1. The molecule has 33 heavy (non-hydrogen) atoms. The number of rotatable bonds is 5. The second kappa shape index (κ2) is 7.90. The number of hydrogen-bond acceptors (Lipinski definition) is 5. The van der Waals surface area contributed by atoms with Crippen LogP contribution in [-0.2, 0) is 6.54 Å². The molecule has 1 aromatic carbocycles. The number of carboxylic acid groups (broad SMARTS) is 1. The second-order valence-electron chi connectivity index (χ2n) is 11.4. The molecule has 0 aromatic heterocycles. The topological polar surface area (TPSA) is 105 Å². The summed E-state index contributed by atoms with van der Waals surface area (Å²) in [6.07, 6.45) is 5.09. The predicted octanol–water partition coefficient (Wildman–Crippen LogP) is 4.32. The number of ether oxygens (including phenoxy) is 2. The normalized spacial score (nSPS) is 32.5. The fourth-order valence-electron chi connectivity index (χ4n) is 7.39. The van der Waals surface area contributed by atoms with Gasteiger partial charge in [0.25, 0.3) is 5.91 Å². The minimum absolute atomic E-state index is 0.0697. The van der Waals surface area contributed by atoms with Crippen LogP contribution in [-0.4, -0.2) is 41.4 Å². The van der Waals surface area contributed by atoms with Gasteiger partial charge in [0.1, 0.15) is 17.1 Å². The molecule has 3 aliphatic rings. The minimum Gasteiger partial charge on any atom is -0.495 e. The number of aliphatic hydroxyl groups is 1. The molecule has 182 valence electrons. The first-order chi connectivity index (χ1) is 15.3. The monoisotopic (exact) mass is 459 g/mol. The molecule has 1 heterocycles. The highest BCUT2D eigenvalue weighted by molar-refractivity contribution is 6.10. The molecule has 2 fully saturated rings. The maximum absolute atomic E-state index is 12.5. The van der Waals surface area contributed by atoms with Crippen molar-refractivity contribution in [2.24, 2.45) is 22.7 Å². The summed E-state index contributed by atoms with van der Waals surface area (Å²) in [6.45, 7) is 11.2. The first-order valence-corrected chi connectivity index (χ1v) is 11.9. The summed E-state index contributed by atoms with van der Waals surface area (Å²) >= 11 is 0. The Labute approximate surface area is 195 Å². The van der Waals surface area contributed by atoms with Crippen molar-refractivity contribution in [2.45, 2.75) is 78.9 Å². The molecule has 1 amide bonds. The van der Waals surface area contributed by atoms with Gasteiger partial charge >= 0.3 is 5.97 Å². The van der Waals surface area contributed by atoms with Crippen LogP contribution in [0.2, 0.25) is 0 Å². The Morgan fingerprint density at radius 2 is 1.85 bits per heavy atom. The van der Waals surface area contributed by atoms with Crippen LogP contribution in [0.5, 0.6) is 11.5 Å². The van der Waals surface area contributed by atoms with E-state index in [2.05, 4.69) is 26.1 Å². The van der Waals surface area contributed by atoms with Crippen molar-refractivity contribution < 1.29 is 29.3 Å². The van der Waals surface area contributed by atoms with Gasteiger partial charge in [0.05, 0.1) is 24.9 Å². The SMILES string of the molecule is COc1c(C)c(OC[C@@H]2[C@@]3(C)CCCC(C)(C)[C@@H]3CC[C@@]2(C)O)c2c(c1C(=O)O)C(=O)NC2. The molecule has 4 atom stereocenters. The summed E-state index contributed by atoms with van der Waals surface area (Å²) in [4.78, 5) is 24.5. The fourth-order valence-corrected chi connectivity index (χ4v) is 7.39. The molecular formula is C26H37NO6. The highest BCUT2D eigenvalue weighted by Crippen LogP contribution is 2.62. The van der Waals surface area contributed by atoms with E-state index in [-0.39, 0.29) is 40.2 Å². The third kappa shape index (κ3) is 3.59. The number of carboxylic acids is 1. The van der Waals surface area contributed by atoms with Gasteiger partial charge in [-0.2, -0.15) is 0 Å². The average Bonchev–Trinajstić information content (AvgIpc) is 3.07. The summed E-state index contributed by atoms with van der Waals surface area (Å²) in [7, 11) is 1.40. The summed E-state index contributed by atoms with van der Waals surface area (Å²) < 4.78 is 11.9. The van der Waals surface area contributed by atoms with E-state index in [4.69, 9.17) is 9.47 Å². The molecule has 7 heteroatoms. The van der Waals surface area contributed by atoms with Crippen molar-refractivity contribution in [1.29, 1.82) is 0 Å². The molecule has 2 aliphatic carbocycles. The molecule has 1 aromatic rings. The molecule has 0 unspecified atom stereocenters. The number of nitrogens with one attached hydrogen (secondary N) is 1. The van der Waals surface area contributed by atoms with Gasteiger partial charge in [-0.15, -0.1) is 0 Å². The van der Waals surface area contributed by atoms with Gasteiger partial charge in [-0.25, -0.2) is 4.79 Å². The fraction of sp³-hybridized carbons (Fsp3) is 0.692. The van der Waals surface area contributed by atoms with Crippen LogP contribution in [0.3, 0.4) is 0 Å². The van der Waals surface area contributed by atoms with Crippen LogP contribution in [0.25, 0.3) is 0 Å². The Bertz CT molecular complexity index is 997. The molecule has 0 bridgehead atoms. The number of benzene rings is 1. The van der Waals surface area contributed by atoms with Crippen LogP contribution in [0, 0.1) is 29.6 Å². The summed E-state index contributed by atoms with van der Waals surface area (Å²) in [5, 5.41) is 24.0. The van der Waals surface area contributed by atoms with E-state index < -0.39 is 17.5 Å². The van der Waals surface area contributed by atoms with Crippen LogP contribution in [0.4, 0.5) is 0 Å². The zero-order valence-corrected chi connectivity index (χ0v) is 20.6. The highest BCUT2D eigenvalue weighted by Gasteiger charge is 2.58. The Hall–Kier alpha value is -2.28. The number of amides is 1. The smallest absolute Gasteiger partial charge is 0.340 e. The predicted molar refractivity (Wildman–Crippen MR) is 124 cm³/mol. The maximum Gasteiger partial charge on any atom is 0.340 e. The van der Waals surface area contributed by atoms with Crippen molar-refractivity contribution in [1.82, 2.24) is 5.32 Å². The molecule has 7 nitrogen and oxygen atoms in total. The van der Waals surface area contributed by atoms with E-state index in [1.807, 2.05) is 6.92 Å². The molecule has 0 saturated heterocycles. The van der Waals surface area contributed by atoms with Crippen LogP contribution in [0.1, 0.15) is 91.6 Å². The Kier molecular flexibility index (Phi) is 5.71. The molecule has 2 saturated carbocycles. The van der Waals surface area contributed by atoms with Crippen LogP contribution < -0.4 is 14.8 Å². The zero-order valence-electron chi connectivity index (χ0n) is 20.6. The Morgan fingerprint density at radius 3 is 2.48 bits per heavy atom. The minimum atomic E-state index is -1.20. The molecule has 3 N–H and O–H groups in total. The quantitative estimate of drug-likeness (QED) is 0.606. The van der Waals surface area contributed by atoms with Crippen molar-refractivity contribution in [2.75, 3.05) is 13.7 Å². The van der Waals surface area contributed by atoms with Crippen LogP contribution >= 0.6 is 0 Å². The number of aromatic carboxylic acids is 1. The molecular weight excluding hydrogens is 422 g/mol. The van der Waals surface area contributed by atoms with Gasteiger partial charge in [-0.05, 0) is 56.3 Å². The first kappa shape index (κ1) is 23.9. The van der Waals surface area contributed by atoms with E-state index in [1.54, 1.807) is 6.92 Å². The highest BCUT2D eigenvalue weighted by atomic mass is 16.5. The third-order valence-electron chi connectivity index (χ3n) is 8.96. The van der Waals surface area contributed by atoms with Crippen molar-refractivity contribution in [3.05, 3.63) is 22.3 Å². The summed E-state index contributed by atoms with van der Waals surface area (Å²) in [6, 6.07) is 0. The van der Waals surface area contributed by atoms with Crippen molar-refractivity contribution in [3.8, 4) is 11.5 Å². The number of methoxy groups -OCH3 is 1. The lowest BCUT2D eigenvalue weighted by Crippen LogP contribution is -2.59. The van der Waals surface area contributed by atoms with Crippen molar-refractivity contribution >= 4 is 11.9 Å². The number of fused-ring (bicyclic) bond motifs is 2. The lowest BCUT2D eigenvalue weighted by Gasteiger charge is -2.61. The number of hydrogen-bond donors (Lipinski definition) is 3. The van der Waals surface area contributed by atoms with Gasteiger partial charge in [0.2, 0.25) is 0 Å². The Morgan fingerprint density at radius 1 is 1.15 bits per heavy atom. The zero-order chi connectivity index (χ0) is 24.3. The van der Waals surface area contributed by atoms with E-state index in [1.165, 1.54) is 13.5 Å². The van der Waals surface area contributed by atoms with E-state index >= 15 is 0 Å². The summed E-state index contributed by atoms with van der Waals surface area (Å²) in [5.41, 5.74) is 0.371. The third-order valence-corrected chi connectivity index (χ3v) is 8.96. The number of carbonyl (C=O) groups excluding carboxylic acids is 1. The largest absolute Gasteiger partial charge is 0.495 e. The summed E-state index contributed by atoms with van der Waals surface area (Å²) in [5.74, 6) is -0.602. The van der Waals surface area contributed by atoms with Gasteiger partial charge in [0.15, 0.2) is 0 Å². The molecule has 0 spiro atoms. The molecule has 0 radical (unpaired) electrons. The lowest BCUT2D eigenvalue weighted by atomic mass is 9.46. The Balaban J connectivity index is 1.74.